The van der Waals surface area contributed by atoms with Crippen molar-refractivity contribution >= 4 is 18.0 Å². The highest BCUT2D eigenvalue weighted by Crippen LogP contribution is 2.26. The molecule has 0 spiro atoms. The van der Waals surface area contributed by atoms with Crippen LogP contribution in [0.25, 0.3) is 6.08 Å². The number of pyridine rings is 1. The zero-order valence-electron chi connectivity index (χ0n) is 11.9. The maximum Gasteiger partial charge on any atom is 0.328 e. The Morgan fingerprint density at radius 2 is 2.24 bits per heavy atom. The van der Waals surface area contributed by atoms with Crippen molar-refractivity contribution in [3.05, 3.63) is 30.1 Å². The van der Waals surface area contributed by atoms with Crippen LogP contribution in [0.4, 0.5) is 0 Å². The number of likely N-dealkylation sites (N-methyl/N-ethyl adjacent to an activating group) is 1. The molecule has 0 radical (unpaired) electrons. The number of rotatable bonds is 7. The van der Waals surface area contributed by atoms with E-state index in [-0.39, 0.29) is 12.5 Å². The summed E-state index contributed by atoms with van der Waals surface area (Å²) in [5, 5.41) is 8.52. The van der Waals surface area contributed by atoms with Crippen molar-refractivity contribution in [2.45, 2.75) is 25.8 Å². The summed E-state index contributed by atoms with van der Waals surface area (Å²) in [6, 6.07) is 3.68. The van der Waals surface area contributed by atoms with Gasteiger partial charge in [-0.1, -0.05) is 0 Å². The summed E-state index contributed by atoms with van der Waals surface area (Å²) in [4.78, 5) is 28.2. The zero-order valence-corrected chi connectivity index (χ0v) is 11.9. The van der Waals surface area contributed by atoms with Crippen LogP contribution < -0.4 is 4.74 Å². The molecule has 1 fully saturated rings. The Kier molecular flexibility index (Phi) is 4.92. The van der Waals surface area contributed by atoms with Gasteiger partial charge in [0.2, 0.25) is 0 Å². The van der Waals surface area contributed by atoms with Crippen molar-refractivity contribution in [3.8, 4) is 5.75 Å². The average molecular weight is 290 g/mol. The van der Waals surface area contributed by atoms with Crippen LogP contribution in [-0.2, 0) is 9.59 Å². The number of ether oxygens (including phenoxy) is 1. The monoisotopic (exact) mass is 290 g/mol. The molecule has 1 heterocycles. The minimum atomic E-state index is -1.03. The van der Waals surface area contributed by atoms with E-state index in [0.29, 0.717) is 24.0 Å². The number of amides is 1. The molecule has 21 heavy (non-hydrogen) atoms. The molecule has 0 atom stereocenters. The van der Waals surface area contributed by atoms with E-state index in [2.05, 4.69) is 4.98 Å². The van der Waals surface area contributed by atoms with Crippen LogP contribution in [0.3, 0.4) is 0 Å². The van der Waals surface area contributed by atoms with Crippen molar-refractivity contribution < 1.29 is 19.4 Å². The van der Waals surface area contributed by atoms with Gasteiger partial charge in [0.25, 0.3) is 5.91 Å². The molecule has 1 amide bonds. The van der Waals surface area contributed by atoms with Gasteiger partial charge in [-0.3, -0.25) is 9.78 Å². The van der Waals surface area contributed by atoms with Gasteiger partial charge in [-0.05, 0) is 38.0 Å². The first-order chi connectivity index (χ1) is 10.1. The van der Waals surface area contributed by atoms with Gasteiger partial charge < -0.3 is 14.7 Å². The first-order valence-corrected chi connectivity index (χ1v) is 6.89. The molecule has 1 aromatic heterocycles. The third-order valence-corrected chi connectivity index (χ3v) is 3.17. The maximum atomic E-state index is 12.0. The minimum absolute atomic E-state index is 0.00364. The predicted molar refractivity (Wildman–Crippen MR) is 76.8 cm³/mol. The smallest absolute Gasteiger partial charge is 0.328 e. The summed E-state index contributed by atoms with van der Waals surface area (Å²) in [7, 11) is 0. The van der Waals surface area contributed by atoms with Gasteiger partial charge >= 0.3 is 5.97 Å². The average Bonchev–Trinajstić information content (AvgIpc) is 3.29. The number of carboxylic acid groups (broad SMARTS) is 1. The summed E-state index contributed by atoms with van der Waals surface area (Å²) >= 11 is 0. The van der Waals surface area contributed by atoms with Crippen LogP contribution in [-0.4, -0.2) is 46.1 Å². The lowest BCUT2D eigenvalue weighted by molar-refractivity contribution is -0.134. The second-order valence-electron chi connectivity index (χ2n) is 4.79. The molecule has 6 nitrogen and oxygen atoms in total. The van der Waals surface area contributed by atoms with Crippen molar-refractivity contribution in [3.63, 3.8) is 0 Å². The molecule has 1 N–H and O–H groups in total. The van der Waals surface area contributed by atoms with E-state index in [1.54, 1.807) is 12.1 Å². The summed E-state index contributed by atoms with van der Waals surface area (Å²) in [5.41, 5.74) is 0.518. The fourth-order valence-electron chi connectivity index (χ4n) is 1.98. The van der Waals surface area contributed by atoms with Gasteiger partial charge in [0.05, 0.1) is 11.9 Å². The molecule has 0 unspecified atom stereocenters. The largest absolute Gasteiger partial charge is 0.482 e. The minimum Gasteiger partial charge on any atom is -0.482 e. The molecule has 112 valence electrons. The summed E-state index contributed by atoms with van der Waals surface area (Å²) in [5.74, 6) is -0.556. The number of aromatic nitrogens is 1. The second kappa shape index (κ2) is 6.88. The molecule has 2 rings (SSSR count). The lowest BCUT2D eigenvalue weighted by Crippen LogP contribution is -2.36. The van der Waals surface area contributed by atoms with Gasteiger partial charge in [-0.25, -0.2) is 4.79 Å². The van der Waals surface area contributed by atoms with E-state index in [0.717, 1.165) is 18.9 Å². The van der Waals surface area contributed by atoms with Crippen molar-refractivity contribution in [2.24, 2.45) is 0 Å². The number of carbonyl (C=O) groups excluding carboxylic acids is 1. The fraction of sp³-hybridized carbons (Fsp3) is 0.400. The topological polar surface area (TPSA) is 79.7 Å². The Morgan fingerprint density at radius 3 is 2.76 bits per heavy atom. The molecule has 0 aromatic carbocycles. The Hall–Kier alpha value is -2.37. The summed E-state index contributed by atoms with van der Waals surface area (Å²) in [6.45, 7) is 2.65. The highest BCUT2D eigenvalue weighted by atomic mass is 16.5. The van der Waals surface area contributed by atoms with Crippen molar-refractivity contribution in [1.29, 1.82) is 0 Å². The van der Waals surface area contributed by atoms with Crippen LogP contribution in [0.1, 0.15) is 25.5 Å². The third-order valence-electron chi connectivity index (χ3n) is 3.17. The van der Waals surface area contributed by atoms with E-state index in [4.69, 9.17) is 9.84 Å². The quantitative estimate of drug-likeness (QED) is 0.771. The molecule has 1 aliphatic rings. The number of carbonyl (C=O) groups is 2. The molecule has 0 aliphatic heterocycles. The highest BCUT2D eigenvalue weighted by molar-refractivity contribution is 5.84. The number of carboxylic acids is 1. The third kappa shape index (κ3) is 4.59. The first kappa shape index (κ1) is 15.0. The standard InChI is InChI=1S/C15H18N2O4/c1-2-17(12-5-6-12)14(18)10-21-13-7-3-11(16-9-13)4-8-15(19)20/h3-4,7-9,12H,2,5-6,10H2,1H3,(H,19,20). The normalized spacial score (nSPS) is 14.1. The SMILES string of the molecule is CCN(C(=O)COc1ccc(C=CC(=O)O)nc1)C1CC1. The van der Waals surface area contributed by atoms with Gasteiger partial charge in [0, 0.05) is 18.7 Å². The first-order valence-electron chi connectivity index (χ1n) is 6.89. The summed E-state index contributed by atoms with van der Waals surface area (Å²) in [6.07, 6.45) is 6.03. The summed E-state index contributed by atoms with van der Waals surface area (Å²) < 4.78 is 5.41. The number of hydrogen-bond donors (Lipinski definition) is 1. The van der Waals surface area contributed by atoms with E-state index in [1.807, 2.05) is 11.8 Å². The highest BCUT2D eigenvalue weighted by Gasteiger charge is 2.31. The van der Waals surface area contributed by atoms with Gasteiger partial charge in [-0.2, -0.15) is 0 Å². The van der Waals surface area contributed by atoms with Crippen LogP contribution >= 0.6 is 0 Å². The zero-order chi connectivity index (χ0) is 15.2. The number of hydrogen-bond acceptors (Lipinski definition) is 4. The van der Waals surface area contributed by atoms with Crippen molar-refractivity contribution in [2.75, 3.05) is 13.2 Å². The van der Waals surface area contributed by atoms with Gasteiger partial charge in [0.1, 0.15) is 5.75 Å². The molecular weight excluding hydrogens is 272 g/mol. The Balaban J connectivity index is 1.85. The van der Waals surface area contributed by atoms with Gasteiger partial charge in [0.15, 0.2) is 6.61 Å². The molecule has 1 aliphatic carbocycles. The molecule has 1 aromatic rings. The van der Waals surface area contributed by atoms with Gasteiger partial charge in [-0.15, -0.1) is 0 Å². The lowest BCUT2D eigenvalue weighted by Gasteiger charge is -2.20. The van der Waals surface area contributed by atoms with Crippen LogP contribution in [0.5, 0.6) is 5.75 Å². The maximum absolute atomic E-state index is 12.0. The van der Waals surface area contributed by atoms with E-state index >= 15 is 0 Å². The molecule has 0 saturated heterocycles. The predicted octanol–water partition coefficient (Wildman–Crippen LogP) is 1.57. The molecular formula is C15H18N2O4. The second-order valence-corrected chi connectivity index (χ2v) is 4.79. The van der Waals surface area contributed by atoms with Crippen LogP contribution in [0.15, 0.2) is 24.4 Å². The molecule has 0 bridgehead atoms. The molecule has 1 saturated carbocycles. The Labute approximate surface area is 123 Å². The Morgan fingerprint density at radius 1 is 1.48 bits per heavy atom. The fourth-order valence-corrected chi connectivity index (χ4v) is 1.98. The number of nitrogens with zero attached hydrogens (tertiary/aromatic N) is 2. The number of aliphatic carboxylic acids is 1. The van der Waals surface area contributed by atoms with E-state index in [9.17, 15) is 9.59 Å². The lowest BCUT2D eigenvalue weighted by atomic mass is 10.3. The Bertz CT molecular complexity index is 535. The van der Waals surface area contributed by atoms with Crippen LogP contribution in [0, 0.1) is 0 Å². The van der Waals surface area contributed by atoms with E-state index in [1.165, 1.54) is 12.3 Å². The molecule has 6 heteroatoms. The van der Waals surface area contributed by atoms with E-state index < -0.39 is 5.97 Å². The van der Waals surface area contributed by atoms with Crippen molar-refractivity contribution in [1.82, 2.24) is 9.88 Å². The van der Waals surface area contributed by atoms with Crippen LogP contribution in [0.2, 0.25) is 0 Å².